The van der Waals surface area contributed by atoms with Gasteiger partial charge < -0.3 is 30.3 Å². The first-order valence-electron chi connectivity index (χ1n) is 6.57. The minimum atomic E-state index is -2.07. The van der Waals surface area contributed by atoms with Gasteiger partial charge in [-0.3, -0.25) is 0 Å². The predicted octanol–water partition coefficient (Wildman–Crippen LogP) is -1.21. The molecule has 1 fully saturated rings. The zero-order valence-electron chi connectivity index (χ0n) is 10.8. The molecule has 0 amide bonds. The van der Waals surface area contributed by atoms with E-state index in [2.05, 4.69) is 0 Å². The lowest BCUT2D eigenvalue weighted by Gasteiger charge is -2.51. The van der Waals surface area contributed by atoms with Crippen LogP contribution >= 0.6 is 0 Å². The van der Waals surface area contributed by atoms with Crippen LogP contribution in [0, 0.1) is 0 Å². The molecule has 6 heteroatoms. The number of benzene rings is 1. The quantitative estimate of drug-likeness (QED) is 0.442. The van der Waals surface area contributed by atoms with E-state index in [1.54, 1.807) is 24.3 Å². The van der Waals surface area contributed by atoms with Gasteiger partial charge in [-0.05, 0) is 11.1 Å². The zero-order chi connectivity index (χ0) is 14.5. The highest BCUT2D eigenvalue weighted by molar-refractivity contribution is 5.43. The molecule has 1 aliphatic carbocycles. The number of rotatable bonds is 1. The summed E-state index contributed by atoms with van der Waals surface area (Å²) in [5.41, 5.74) is -2.35. The summed E-state index contributed by atoms with van der Waals surface area (Å²) in [6.45, 7) is -0.961. The second-order valence-corrected chi connectivity index (χ2v) is 5.54. The molecule has 5 atom stereocenters. The van der Waals surface area contributed by atoms with E-state index in [0.717, 1.165) is 0 Å². The van der Waals surface area contributed by atoms with E-state index in [0.29, 0.717) is 11.1 Å². The van der Waals surface area contributed by atoms with Crippen LogP contribution in [0.5, 0.6) is 0 Å². The van der Waals surface area contributed by atoms with Crippen LogP contribution in [0.25, 0.3) is 0 Å². The lowest BCUT2D eigenvalue weighted by Crippen LogP contribution is -2.69. The Labute approximate surface area is 115 Å². The van der Waals surface area contributed by atoms with Crippen LogP contribution in [-0.2, 0) is 10.3 Å². The Bertz CT molecular complexity index is 520. The Morgan fingerprint density at radius 1 is 1.20 bits per heavy atom. The fraction of sp³-hybridized carbons (Fsp3) is 0.571. The summed E-state index contributed by atoms with van der Waals surface area (Å²) in [7, 11) is 0. The van der Waals surface area contributed by atoms with Gasteiger partial charge in [-0.1, -0.05) is 24.3 Å². The second kappa shape index (κ2) is 4.49. The molecule has 20 heavy (non-hydrogen) atoms. The van der Waals surface area contributed by atoms with Gasteiger partial charge in [0.2, 0.25) is 0 Å². The first-order valence-corrected chi connectivity index (χ1v) is 6.57. The molecule has 5 N–H and O–H groups in total. The molecule has 3 rings (SSSR count). The fourth-order valence-corrected chi connectivity index (χ4v) is 3.42. The van der Waals surface area contributed by atoms with Gasteiger partial charge in [-0.2, -0.15) is 0 Å². The third kappa shape index (κ3) is 1.54. The largest absolute Gasteiger partial charge is 0.393 e. The Kier molecular flexibility index (Phi) is 3.13. The summed E-state index contributed by atoms with van der Waals surface area (Å²) in [6.07, 6.45) is -3.68. The van der Waals surface area contributed by atoms with Gasteiger partial charge in [0, 0.05) is 6.42 Å². The van der Waals surface area contributed by atoms with E-state index in [9.17, 15) is 25.5 Å². The minimum absolute atomic E-state index is 0.0210. The molecule has 6 nitrogen and oxygen atoms in total. The van der Waals surface area contributed by atoms with Crippen LogP contribution in [0.1, 0.15) is 23.7 Å². The molecular formula is C14H18O6. The number of aliphatic hydroxyl groups is 5. The molecule has 0 bridgehead atoms. The average Bonchev–Trinajstić information content (AvgIpc) is 2.76. The number of fused-ring (bicyclic) bond motifs is 2. The Morgan fingerprint density at radius 2 is 1.90 bits per heavy atom. The van der Waals surface area contributed by atoms with Crippen molar-refractivity contribution in [3.63, 3.8) is 0 Å². The maximum Gasteiger partial charge on any atom is 0.149 e. The van der Waals surface area contributed by atoms with Crippen molar-refractivity contribution in [1.82, 2.24) is 0 Å². The van der Waals surface area contributed by atoms with E-state index in [1.807, 2.05) is 0 Å². The first-order chi connectivity index (χ1) is 9.46. The monoisotopic (exact) mass is 282 g/mol. The lowest BCUT2D eigenvalue weighted by atomic mass is 9.71. The van der Waals surface area contributed by atoms with Gasteiger partial charge >= 0.3 is 0 Å². The van der Waals surface area contributed by atoms with E-state index in [-0.39, 0.29) is 13.0 Å². The van der Waals surface area contributed by atoms with Crippen LogP contribution in [0.15, 0.2) is 24.3 Å². The molecule has 1 aromatic carbocycles. The molecule has 110 valence electrons. The maximum absolute atomic E-state index is 10.7. The van der Waals surface area contributed by atoms with Crippen LogP contribution in [-0.4, -0.2) is 56.6 Å². The van der Waals surface area contributed by atoms with E-state index < -0.39 is 36.1 Å². The van der Waals surface area contributed by atoms with Crippen LogP contribution in [0.4, 0.5) is 0 Å². The molecule has 1 heterocycles. The number of ether oxygens (including phenoxy) is 1. The maximum atomic E-state index is 10.7. The average molecular weight is 282 g/mol. The predicted molar refractivity (Wildman–Crippen MR) is 67.7 cm³/mol. The van der Waals surface area contributed by atoms with Crippen molar-refractivity contribution in [2.24, 2.45) is 0 Å². The van der Waals surface area contributed by atoms with E-state index in [4.69, 9.17) is 4.74 Å². The standard InChI is InChI=1S/C14H18O6/c15-7-13(19)12(18)11(17)6-20-14(13)5-10(16)8-3-1-2-4-9(8)14/h1-4,10-12,15-19H,5-7H2. The Hall–Kier alpha value is -1.02. The topological polar surface area (TPSA) is 110 Å². The molecule has 1 saturated heterocycles. The van der Waals surface area contributed by atoms with Crippen molar-refractivity contribution in [2.45, 2.75) is 35.9 Å². The second-order valence-electron chi connectivity index (χ2n) is 5.54. The van der Waals surface area contributed by atoms with E-state index in [1.165, 1.54) is 0 Å². The van der Waals surface area contributed by atoms with Crippen LogP contribution < -0.4 is 0 Å². The molecule has 5 unspecified atom stereocenters. The summed E-state index contributed by atoms with van der Waals surface area (Å²) < 4.78 is 5.63. The summed E-state index contributed by atoms with van der Waals surface area (Å²) in [5.74, 6) is 0. The normalized spacial score (nSPS) is 43.8. The van der Waals surface area contributed by atoms with Gasteiger partial charge in [0.1, 0.15) is 23.4 Å². The van der Waals surface area contributed by atoms with Crippen molar-refractivity contribution in [1.29, 1.82) is 0 Å². The van der Waals surface area contributed by atoms with Gasteiger partial charge in [-0.25, -0.2) is 0 Å². The highest BCUT2D eigenvalue weighted by Gasteiger charge is 2.65. The fourth-order valence-electron chi connectivity index (χ4n) is 3.42. The lowest BCUT2D eigenvalue weighted by molar-refractivity contribution is -0.307. The smallest absolute Gasteiger partial charge is 0.149 e. The van der Waals surface area contributed by atoms with Gasteiger partial charge in [0.05, 0.1) is 19.3 Å². The molecule has 1 spiro atoms. The Morgan fingerprint density at radius 3 is 2.60 bits per heavy atom. The molecule has 1 aliphatic heterocycles. The molecule has 0 radical (unpaired) electrons. The highest BCUT2D eigenvalue weighted by Crippen LogP contribution is 2.54. The Balaban J connectivity index is 2.17. The number of aliphatic hydroxyl groups excluding tert-OH is 4. The van der Waals surface area contributed by atoms with Crippen LogP contribution in [0.2, 0.25) is 0 Å². The van der Waals surface area contributed by atoms with E-state index >= 15 is 0 Å². The summed E-state index contributed by atoms with van der Waals surface area (Å²) in [6, 6.07) is 6.90. The molecular weight excluding hydrogens is 264 g/mol. The van der Waals surface area contributed by atoms with Crippen molar-refractivity contribution < 1.29 is 30.3 Å². The SMILES string of the molecule is OCC1(O)C(O)C(O)COC12CC(O)c1ccccc12. The number of hydrogen-bond donors (Lipinski definition) is 5. The van der Waals surface area contributed by atoms with Crippen molar-refractivity contribution >= 4 is 0 Å². The zero-order valence-corrected chi connectivity index (χ0v) is 10.8. The molecule has 2 aliphatic rings. The van der Waals surface area contributed by atoms with Gasteiger partial charge in [-0.15, -0.1) is 0 Å². The first kappa shape index (κ1) is 13.9. The van der Waals surface area contributed by atoms with Crippen LogP contribution in [0.3, 0.4) is 0 Å². The van der Waals surface area contributed by atoms with Crippen molar-refractivity contribution in [3.8, 4) is 0 Å². The molecule has 1 aromatic rings. The summed E-state index contributed by atoms with van der Waals surface area (Å²) in [5, 5.41) is 50.3. The van der Waals surface area contributed by atoms with Crippen molar-refractivity contribution in [2.75, 3.05) is 13.2 Å². The van der Waals surface area contributed by atoms with Gasteiger partial charge in [0.25, 0.3) is 0 Å². The van der Waals surface area contributed by atoms with Gasteiger partial charge in [0.15, 0.2) is 0 Å². The summed E-state index contributed by atoms with van der Waals surface area (Å²) >= 11 is 0. The molecule has 0 aromatic heterocycles. The molecule has 0 saturated carbocycles. The third-order valence-electron chi connectivity index (χ3n) is 4.53. The van der Waals surface area contributed by atoms with Crippen molar-refractivity contribution in [3.05, 3.63) is 35.4 Å². The minimum Gasteiger partial charge on any atom is -0.393 e. The highest BCUT2D eigenvalue weighted by atomic mass is 16.5. The number of hydrogen-bond acceptors (Lipinski definition) is 6. The third-order valence-corrected chi connectivity index (χ3v) is 4.53. The summed E-state index contributed by atoms with van der Waals surface area (Å²) in [4.78, 5) is 0.